The maximum atomic E-state index is 12.4. The molecule has 1 N–H and O–H groups in total. The molecule has 1 amide bonds. The molecule has 1 aliphatic heterocycles. The third kappa shape index (κ3) is 3.62. The van der Waals surface area contributed by atoms with Gasteiger partial charge in [-0.3, -0.25) is 15.0 Å². The second-order valence-corrected chi connectivity index (χ2v) is 7.25. The summed E-state index contributed by atoms with van der Waals surface area (Å²) in [6, 6.07) is 5.79. The van der Waals surface area contributed by atoms with Gasteiger partial charge in [0.05, 0.1) is 5.69 Å². The molecule has 0 radical (unpaired) electrons. The number of thiazole rings is 1. The molecule has 0 fully saturated rings. The van der Waals surface area contributed by atoms with E-state index in [-0.39, 0.29) is 5.91 Å². The summed E-state index contributed by atoms with van der Waals surface area (Å²) in [5.41, 5.74) is 4.17. The van der Waals surface area contributed by atoms with Crippen LogP contribution < -0.4 is 5.32 Å². The SMILES string of the molecule is CCCN1CCc2nc(NC(=O)c3ccc(C)c(C)c3)sc2C1. The fourth-order valence-electron chi connectivity index (χ4n) is 2.86. The molecular weight excluding hydrogens is 306 g/mol. The van der Waals surface area contributed by atoms with Gasteiger partial charge in [-0.25, -0.2) is 4.98 Å². The molecule has 5 heteroatoms. The first-order valence-electron chi connectivity index (χ1n) is 8.16. The number of anilines is 1. The third-order valence-corrected chi connectivity index (χ3v) is 5.34. The minimum absolute atomic E-state index is 0.0791. The molecule has 0 aliphatic carbocycles. The van der Waals surface area contributed by atoms with Crippen molar-refractivity contribution in [3.8, 4) is 0 Å². The number of fused-ring (bicyclic) bond motifs is 1. The van der Waals surface area contributed by atoms with E-state index in [9.17, 15) is 4.79 Å². The van der Waals surface area contributed by atoms with Crippen molar-refractivity contribution in [1.82, 2.24) is 9.88 Å². The van der Waals surface area contributed by atoms with Crippen LogP contribution >= 0.6 is 11.3 Å². The van der Waals surface area contributed by atoms with Gasteiger partial charge in [0.15, 0.2) is 5.13 Å². The summed E-state index contributed by atoms with van der Waals surface area (Å²) in [6.07, 6.45) is 2.15. The number of aromatic nitrogens is 1. The van der Waals surface area contributed by atoms with E-state index in [1.54, 1.807) is 11.3 Å². The van der Waals surface area contributed by atoms with Gasteiger partial charge in [0.2, 0.25) is 0 Å². The number of nitrogens with zero attached hydrogens (tertiary/aromatic N) is 2. The number of hydrogen-bond donors (Lipinski definition) is 1. The Morgan fingerprint density at radius 1 is 1.35 bits per heavy atom. The van der Waals surface area contributed by atoms with E-state index < -0.39 is 0 Å². The number of aryl methyl sites for hydroxylation is 2. The molecule has 0 bridgehead atoms. The lowest BCUT2D eigenvalue weighted by Crippen LogP contribution is -2.30. The standard InChI is InChI=1S/C18H23N3OS/c1-4-8-21-9-7-15-16(11-21)23-18(19-15)20-17(22)14-6-5-12(2)13(3)10-14/h5-6,10H,4,7-9,11H2,1-3H3,(H,19,20,22). The zero-order chi connectivity index (χ0) is 16.4. The molecule has 0 spiro atoms. The Kier molecular flexibility index (Phi) is 4.78. The molecule has 1 aromatic carbocycles. The highest BCUT2D eigenvalue weighted by molar-refractivity contribution is 7.15. The van der Waals surface area contributed by atoms with E-state index in [2.05, 4.69) is 22.1 Å². The van der Waals surface area contributed by atoms with Crippen molar-refractivity contribution in [2.24, 2.45) is 0 Å². The van der Waals surface area contributed by atoms with E-state index in [1.807, 2.05) is 32.0 Å². The fraction of sp³-hybridized carbons (Fsp3) is 0.444. The van der Waals surface area contributed by atoms with Gasteiger partial charge in [0.25, 0.3) is 5.91 Å². The van der Waals surface area contributed by atoms with Crippen LogP contribution in [0.15, 0.2) is 18.2 Å². The molecule has 0 saturated heterocycles. The Bertz CT molecular complexity index is 723. The molecule has 2 heterocycles. The molecule has 3 rings (SSSR count). The first kappa shape index (κ1) is 16.1. The van der Waals surface area contributed by atoms with Crippen molar-refractivity contribution in [3.63, 3.8) is 0 Å². The maximum absolute atomic E-state index is 12.4. The summed E-state index contributed by atoms with van der Waals surface area (Å²) in [6.45, 7) is 9.43. The van der Waals surface area contributed by atoms with E-state index in [0.717, 1.165) is 42.4 Å². The normalized spacial score (nSPS) is 14.6. The molecule has 1 aromatic heterocycles. The van der Waals surface area contributed by atoms with Crippen LogP contribution in [0, 0.1) is 13.8 Å². The maximum Gasteiger partial charge on any atom is 0.257 e. The van der Waals surface area contributed by atoms with E-state index in [1.165, 1.54) is 16.9 Å². The summed E-state index contributed by atoms with van der Waals surface area (Å²) < 4.78 is 0. The zero-order valence-corrected chi connectivity index (χ0v) is 14.8. The zero-order valence-electron chi connectivity index (χ0n) is 14.0. The van der Waals surface area contributed by atoms with Crippen LogP contribution in [-0.4, -0.2) is 28.9 Å². The van der Waals surface area contributed by atoms with E-state index >= 15 is 0 Å². The number of benzene rings is 1. The van der Waals surface area contributed by atoms with Crippen molar-refractivity contribution < 1.29 is 4.79 Å². The summed E-state index contributed by atoms with van der Waals surface area (Å²) in [5, 5.41) is 3.68. The third-order valence-electron chi connectivity index (χ3n) is 4.34. The van der Waals surface area contributed by atoms with Gasteiger partial charge in [-0.2, -0.15) is 0 Å². The first-order valence-corrected chi connectivity index (χ1v) is 8.98. The lowest BCUT2D eigenvalue weighted by atomic mass is 10.1. The van der Waals surface area contributed by atoms with Gasteiger partial charge in [0, 0.05) is 30.0 Å². The number of amides is 1. The predicted molar refractivity (Wildman–Crippen MR) is 95.3 cm³/mol. The molecule has 1 aliphatic rings. The Labute approximate surface area is 141 Å². The average molecular weight is 329 g/mol. The van der Waals surface area contributed by atoms with E-state index in [4.69, 9.17) is 0 Å². The molecule has 2 aromatic rings. The van der Waals surface area contributed by atoms with Gasteiger partial charge in [-0.1, -0.05) is 13.0 Å². The Hall–Kier alpha value is -1.72. The largest absolute Gasteiger partial charge is 0.298 e. The highest BCUT2D eigenvalue weighted by atomic mass is 32.1. The Morgan fingerprint density at radius 3 is 2.91 bits per heavy atom. The van der Waals surface area contributed by atoms with Crippen LogP contribution in [0.5, 0.6) is 0 Å². The van der Waals surface area contributed by atoms with Crippen LogP contribution in [0.1, 0.15) is 45.4 Å². The second kappa shape index (κ2) is 6.81. The Balaban J connectivity index is 1.71. The van der Waals surface area contributed by atoms with Gasteiger partial charge in [-0.15, -0.1) is 11.3 Å². The van der Waals surface area contributed by atoms with Gasteiger partial charge < -0.3 is 0 Å². The second-order valence-electron chi connectivity index (χ2n) is 6.17. The summed E-state index contributed by atoms with van der Waals surface area (Å²) in [7, 11) is 0. The molecule has 4 nitrogen and oxygen atoms in total. The van der Waals surface area contributed by atoms with Crippen LogP contribution in [0.25, 0.3) is 0 Å². The number of carbonyl (C=O) groups excluding carboxylic acids is 1. The lowest BCUT2D eigenvalue weighted by molar-refractivity contribution is 0.102. The highest BCUT2D eigenvalue weighted by Crippen LogP contribution is 2.28. The van der Waals surface area contributed by atoms with Crippen LogP contribution in [0.4, 0.5) is 5.13 Å². The number of nitrogens with one attached hydrogen (secondary N) is 1. The van der Waals surface area contributed by atoms with Crippen molar-refractivity contribution >= 4 is 22.4 Å². The molecule has 122 valence electrons. The molecular formula is C18H23N3OS. The first-order chi connectivity index (χ1) is 11.1. The summed E-state index contributed by atoms with van der Waals surface area (Å²) in [4.78, 5) is 20.8. The number of rotatable bonds is 4. The quantitative estimate of drug-likeness (QED) is 0.928. The smallest absolute Gasteiger partial charge is 0.257 e. The van der Waals surface area contributed by atoms with Crippen LogP contribution in [0.3, 0.4) is 0 Å². The van der Waals surface area contributed by atoms with Gasteiger partial charge in [0.1, 0.15) is 0 Å². The van der Waals surface area contributed by atoms with Crippen LogP contribution in [-0.2, 0) is 13.0 Å². The monoisotopic (exact) mass is 329 g/mol. The van der Waals surface area contributed by atoms with Gasteiger partial charge >= 0.3 is 0 Å². The van der Waals surface area contributed by atoms with Crippen LogP contribution in [0.2, 0.25) is 0 Å². The molecule has 23 heavy (non-hydrogen) atoms. The molecule has 0 unspecified atom stereocenters. The van der Waals surface area contributed by atoms with Crippen molar-refractivity contribution in [2.75, 3.05) is 18.4 Å². The van der Waals surface area contributed by atoms with Crippen molar-refractivity contribution in [1.29, 1.82) is 0 Å². The van der Waals surface area contributed by atoms with Gasteiger partial charge in [-0.05, 0) is 50.1 Å². The van der Waals surface area contributed by atoms with E-state index in [0.29, 0.717) is 5.56 Å². The topological polar surface area (TPSA) is 45.2 Å². The minimum Gasteiger partial charge on any atom is -0.298 e. The average Bonchev–Trinajstić information content (AvgIpc) is 2.91. The molecule has 0 saturated carbocycles. The summed E-state index contributed by atoms with van der Waals surface area (Å²) in [5.74, 6) is -0.0791. The predicted octanol–water partition coefficient (Wildman–Crippen LogP) is 3.78. The van der Waals surface area contributed by atoms with Crippen molar-refractivity contribution in [3.05, 3.63) is 45.5 Å². The highest BCUT2D eigenvalue weighted by Gasteiger charge is 2.21. The fourth-order valence-corrected chi connectivity index (χ4v) is 3.91. The minimum atomic E-state index is -0.0791. The number of carbonyl (C=O) groups is 1. The summed E-state index contributed by atoms with van der Waals surface area (Å²) >= 11 is 1.61. The Morgan fingerprint density at radius 2 is 2.17 bits per heavy atom. The lowest BCUT2D eigenvalue weighted by Gasteiger charge is -2.24. The van der Waals surface area contributed by atoms with Crippen molar-refractivity contribution in [2.45, 2.75) is 40.2 Å². The number of hydrogen-bond acceptors (Lipinski definition) is 4. The molecule has 0 atom stereocenters.